The summed E-state index contributed by atoms with van der Waals surface area (Å²) < 4.78 is 35.4. The van der Waals surface area contributed by atoms with Crippen molar-refractivity contribution < 1.29 is 22.7 Å². The highest BCUT2D eigenvalue weighted by Gasteiger charge is 2.23. The normalized spacial score (nSPS) is 12.4. The molecule has 0 saturated carbocycles. The van der Waals surface area contributed by atoms with Crippen molar-refractivity contribution in [3.05, 3.63) is 58.4 Å². The van der Waals surface area contributed by atoms with Crippen LogP contribution in [0, 0.1) is 0 Å². The molecule has 3 rings (SSSR count). The second-order valence-corrected chi connectivity index (χ2v) is 11.3. The first-order valence-corrected chi connectivity index (χ1v) is 14.4. The summed E-state index contributed by atoms with van der Waals surface area (Å²) in [4.78, 5) is 29.8. The van der Waals surface area contributed by atoms with Crippen LogP contribution in [0.15, 0.2) is 52.4 Å². The number of fused-ring (bicyclic) bond motifs is 1. The average molecular weight is 532 g/mol. The Morgan fingerprint density at radius 2 is 1.58 bits per heavy atom. The number of ether oxygens (including phenoxy) is 1. The molecule has 0 saturated heterocycles. The molecule has 0 aliphatic carbocycles. The number of unbranched alkanes of at least 4 members (excludes halogenated alkanes) is 2. The summed E-state index contributed by atoms with van der Waals surface area (Å²) in [5.74, 6) is -0.893. The maximum absolute atomic E-state index is 13.2. The second kappa shape index (κ2) is 12.4. The van der Waals surface area contributed by atoms with Gasteiger partial charge in [-0.1, -0.05) is 38.0 Å². The third-order valence-corrected chi connectivity index (χ3v) is 8.83. The van der Waals surface area contributed by atoms with Gasteiger partial charge in [-0.15, -0.1) is 0 Å². The summed E-state index contributed by atoms with van der Waals surface area (Å²) in [5.41, 5.74) is 1.59. The van der Waals surface area contributed by atoms with Crippen molar-refractivity contribution in [1.29, 1.82) is 0 Å². The van der Waals surface area contributed by atoms with E-state index in [4.69, 9.17) is 4.74 Å². The van der Waals surface area contributed by atoms with Gasteiger partial charge in [0.2, 0.25) is 10.0 Å². The second-order valence-electron chi connectivity index (χ2n) is 8.36. The van der Waals surface area contributed by atoms with Crippen LogP contribution in [0.4, 0.5) is 0 Å². The van der Waals surface area contributed by atoms with Gasteiger partial charge in [-0.05, 0) is 62.2 Å². The van der Waals surface area contributed by atoms with Crippen LogP contribution in [0.3, 0.4) is 0 Å². The van der Waals surface area contributed by atoms with Crippen LogP contribution in [-0.2, 0) is 21.3 Å². The number of hydrogen-bond acceptors (Lipinski definition) is 6. The molecule has 3 aromatic rings. The minimum atomic E-state index is -3.64. The zero-order chi connectivity index (χ0) is 26.3. The van der Waals surface area contributed by atoms with E-state index in [1.165, 1.54) is 47.0 Å². The topological polar surface area (TPSA) is 98.0 Å². The first-order chi connectivity index (χ1) is 17.3. The minimum Gasteiger partial charge on any atom is -0.465 e. The standard InChI is InChI=1S/C26H33N3O5S2/c1-5-8-16-28(17-9-6-2)36(32,33)21-13-10-19(11-14-21)24(30)27-26-29(7-3)22-15-12-20(25(31)34-4)18-23(22)35-26/h10-15,18H,5-9,16-17H2,1-4H3. The Kier molecular flexibility index (Phi) is 9.58. The van der Waals surface area contributed by atoms with Crippen molar-refractivity contribution in [3.63, 3.8) is 0 Å². The van der Waals surface area contributed by atoms with Crippen LogP contribution in [0.5, 0.6) is 0 Å². The van der Waals surface area contributed by atoms with Crippen LogP contribution >= 0.6 is 11.3 Å². The fraction of sp³-hybridized carbons (Fsp3) is 0.423. The monoisotopic (exact) mass is 531 g/mol. The number of aromatic nitrogens is 1. The molecule has 0 spiro atoms. The summed E-state index contributed by atoms with van der Waals surface area (Å²) in [6.45, 7) is 7.57. The number of benzene rings is 2. The highest BCUT2D eigenvalue weighted by atomic mass is 32.2. The zero-order valence-electron chi connectivity index (χ0n) is 21.2. The molecule has 0 atom stereocenters. The van der Waals surface area contributed by atoms with Crippen molar-refractivity contribution in [2.45, 2.75) is 57.9 Å². The molecule has 0 bridgehead atoms. The van der Waals surface area contributed by atoms with E-state index in [0.717, 1.165) is 35.9 Å². The molecular formula is C26H33N3O5S2. The molecule has 1 amide bonds. The van der Waals surface area contributed by atoms with Gasteiger partial charge in [0.25, 0.3) is 5.91 Å². The Hall–Kier alpha value is -2.82. The predicted octanol–water partition coefficient (Wildman–Crippen LogP) is 4.84. The van der Waals surface area contributed by atoms with Gasteiger partial charge >= 0.3 is 5.97 Å². The Bertz CT molecular complexity index is 1380. The number of amides is 1. The number of nitrogens with zero attached hydrogens (tertiary/aromatic N) is 3. The molecule has 0 aliphatic rings. The van der Waals surface area contributed by atoms with Crippen LogP contribution in [0.2, 0.25) is 0 Å². The number of hydrogen-bond donors (Lipinski definition) is 0. The highest BCUT2D eigenvalue weighted by Crippen LogP contribution is 2.21. The first-order valence-electron chi connectivity index (χ1n) is 12.2. The molecule has 0 N–H and O–H groups in total. The van der Waals surface area contributed by atoms with Crippen LogP contribution < -0.4 is 4.80 Å². The van der Waals surface area contributed by atoms with Gasteiger partial charge in [0, 0.05) is 25.2 Å². The SMILES string of the molecule is CCCCN(CCCC)S(=O)(=O)c1ccc(C(=O)N=c2sc3cc(C(=O)OC)ccc3n2CC)cc1. The van der Waals surface area contributed by atoms with Crippen LogP contribution in [-0.4, -0.2) is 49.4 Å². The van der Waals surface area contributed by atoms with E-state index in [1.54, 1.807) is 12.1 Å². The maximum Gasteiger partial charge on any atom is 0.337 e. The summed E-state index contributed by atoms with van der Waals surface area (Å²) in [5, 5.41) is 0. The molecule has 1 heterocycles. The third-order valence-electron chi connectivity index (χ3n) is 5.88. The Labute approximate surface area is 216 Å². The van der Waals surface area contributed by atoms with Crippen LogP contribution in [0.1, 0.15) is 67.2 Å². The largest absolute Gasteiger partial charge is 0.465 e. The number of esters is 1. The fourth-order valence-corrected chi connectivity index (χ4v) is 6.45. The summed E-state index contributed by atoms with van der Waals surface area (Å²) in [6, 6.07) is 11.2. The number of sulfonamides is 1. The highest BCUT2D eigenvalue weighted by molar-refractivity contribution is 7.89. The van der Waals surface area contributed by atoms with Crippen molar-refractivity contribution in [1.82, 2.24) is 8.87 Å². The lowest BCUT2D eigenvalue weighted by atomic mass is 10.2. The lowest BCUT2D eigenvalue weighted by molar-refractivity contribution is 0.0600. The molecule has 0 unspecified atom stereocenters. The summed E-state index contributed by atoms with van der Waals surface area (Å²) >= 11 is 1.31. The van der Waals surface area contributed by atoms with Crippen molar-refractivity contribution in [2.24, 2.45) is 4.99 Å². The Morgan fingerprint density at radius 1 is 0.972 bits per heavy atom. The number of rotatable bonds is 11. The fourth-order valence-electron chi connectivity index (χ4n) is 3.80. The number of carbonyl (C=O) groups is 2. The van der Waals surface area contributed by atoms with E-state index >= 15 is 0 Å². The van der Waals surface area contributed by atoms with Gasteiger partial charge in [0.15, 0.2) is 4.80 Å². The molecule has 194 valence electrons. The van der Waals surface area contributed by atoms with Gasteiger partial charge < -0.3 is 9.30 Å². The van der Waals surface area contributed by atoms with Gasteiger partial charge in [0.1, 0.15) is 0 Å². The average Bonchev–Trinajstić information content (AvgIpc) is 3.24. The van der Waals surface area contributed by atoms with E-state index in [2.05, 4.69) is 4.99 Å². The Balaban J connectivity index is 1.91. The molecular weight excluding hydrogens is 498 g/mol. The zero-order valence-corrected chi connectivity index (χ0v) is 22.8. The summed E-state index contributed by atoms with van der Waals surface area (Å²) in [6.07, 6.45) is 3.41. The predicted molar refractivity (Wildman–Crippen MR) is 142 cm³/mol. The number of methoxy groups -OCH3 is 1. The van der Waals surface area contributed by atoms with Gasteiger partial charge in [-0.3, -0.25) is 4.79 Å². The van der Waals surface area contributed by atoms with Crippen molar-refractivity contribution in [2.75, 3.05) is 20.2 Å². The summed E-state index contributed by atoms with van der Waals surface area (Å²) in [7, 11) is -2.31. The number of carbonyl (C=O) groups excluding carboxylic acids is 2. The van der Waals surface area contributed by atoms with Gasteiger partial charge in [-0.2, -0.15) is 9.30 Å². The quantitative estimate of drug-likeness (QED) is 0.330. The van der Waals surface area contributed by atoms with Gasteiger partial charge in [-0.25, -0.2) is 13.2 Å². The number of aryl methyl sites for hydroxylation is 1. The van der Waals surface area contributed by atoms with E-state index < -0.39 is 21.9 Å². The third kappa shape index (κ3) is 6.11. The first kappa shape index (κ1) is 27.8. The molecule has 0 aliphatic heterocycles. The lowest BCUT2D eigenvalue weighted by Gasteiger charge is -2.22. The molecule has 2 aromatic carbocycles. The van der Waals surface area contributed by atoms with Crippen LogP contribution in [0.25, 0.3) is 10.2 Å². The van der Waals surface area contributed by atoms with E-state index in [0.29, 0.717) is 35.6 Å². The van der Waals surface area contributed by atoms with Gasteiger partial charge in [0.05, 0.1) is 27.8 Å². The number of thiazole rings is 1. The van der Waals surface area contributed by atoms with Crippen molar-refractivity contribution in [3.8, 4) is 0 Å². The van der Waals surface area contributed by atoms with Crippen molar-refractivity contribution >= 4 is 43.5 Å². The molecule has 8 nitrogen and oxygen atoms in total. The Morgan fingerprint density at radius 3 is 2.14 bits per heavy atom. The lowest BCUT2D eigenvalue weighted by Crippen LogP contribution is -2.33. The van der Waals surface area contributed by atoms with E-state index in [9.17, 15) is 18.0 Å². The molecule has 0 fully saturated rings. The molecule has 10 heteroatoms. The molecule has 1 aromatic heterocycles. The smallest absolute Gasteiger partial charge is 0.337 e. The maximum atomic E-state index is 13.2. The van der Waals surface area contributed by atoms with E-state index in [1.807, 2.05) is 31.4 Å². The molecule has 36 heavy (non-hydrogen) atoms. The van der Waals surface area contributed by atoms with E-state index in [-0.39, 0.29) is 4.90 Å². The molecule has 0 radical (unpaired) electrons. The minimum absolute atomic E-state index is 0.173.